The molecule has 134 valence electrons. The van der Waals surface area contributed by atoms with E-state index in [-0.39, 0.29) is 11.9 Å². The first-order valence-corrected chi connectivity index (χ1v) is 9.16. The molecule has 0 radical (unpaired) electrons. The molecule has 1 aliphatic rings. The summed E-state index contributed by atoms with van der Waals surface area (Å²) in [7, 11) is 0. The van der Waals surface area contributed by atoms with E-state index in [1.165, 1.54) is 0 Å². The molecule has 2 aromatic heterocycles. The first kappa shape index (κ1) is 15.9. The third-order valence-electron chi connectivity index (χ3n) is 5.40. The molecular weight excluding hydrogens is 336 g/mol. The molecule has 0 bridgehead atoms. The van der Waals surface area contributed by atoms with E-state index in [1.54, 1.807) is 0 Å². The Morgan fingerprint density at radius 3 is 2.59 bits per heavy atom. The molecule has 5 rings (SSSR count). The summed E-state index contributed by atoms with van der Waals surface area (Å²) < 4.78 is 5.77. The van der Waals surface area contributed by atoms with Crippen LogP contribution in [0.25, 0.3) is 10.9 Å². The Kier molecular flexibility index (Phi) is 3.47. The Labute approximate surface area is 157 Å². The first-order valence-electron chi connectivity index (χ1n) is 9.16. The lowest BCUT2D eigenvalue weighted by molar-refractivity contribution is 0.0723. The number of rotatable bonds is 3. The third-order valence-corrected chi connectivity index (χ3v) is 5.40. The van der Waals surface area contributed by atoms with Crippen molar-refractivity contribution < 1.29 is 9.21 Å². The van der Waals surface area contributed by atoms with Crippen molar-refractivity contribution in [3.8, 4) is 0 Å². The van der Waals surface area contributed by atoms with E-state index in [0.29, 0.717) is 6.54 Å². The number of carbonyl (C=O) groups is 1. The molecule has 2 aromatic carbocycles. The summed E-state index contributed by atoms with van der Waals surface area (Å²) in [6, 6.07) is 19.9. The number of fused-ring (bicyclic) bond motifs is 2. The number of aromatic amines is 1. The van der Waals surface area contributed by atoms with E-state index < -0.39 is 0 Å². The van der Waals surface area contributed by atoms with Gasteiger partial charge in [0, 0.05) is 27.7 Å². The standard InChI is InChI=1S/C23H20N2O2/c1-14-11-12-16(27-14)13-25-22(17-7-3-4-8-18(17)23(25)26)21-15(2)24-20-10-6-5-9-19(20)21/h3-12,22,24H,13H2,1-2H3/t22-/m1/s1. The lowest BCUT2D eigenvalue weighted by atomic mass is 9.95. The molecule has 0 spiro atoms. The highest BCUT2D eigenvalue weighted by Crippen LogP contribution is 2.43. The van der Waals surface area contributed by atoms with Crippen molar-refractivity contribution in [2.24, 2.45) is 0 Å². The number of aryl methyl sites for hydroxylation is 2. The summed E-state index contributed by atoms with van der Waals surface area (Å²) in [6.07, 6.45) is 0. The van der Waals surface area contributed by atoms with Crippen molar-refractivity contribution in [1.82, 2.24) is 9.88 Å². The van der Waals surface area contributed by atoms with Crippen LogP contribution >= 0.6 is 0 Å². The number of amides is 1. The summed E-state index contributed by atoms with van der Waals surface area (Å²) in [4.78, 5) is 18.6. The molecule has 4 nitrogen and oxygen atoms in total. The van der Waals surface area contributed by atoms with Crippen molar-refractivity contribution in [1.29, 1.82) is 0 Å². The topological polar surface area (TPSA) is 49.2 Å². The molecule has 27 heavy (non-hydrogen) atoms. The minimum Gasteiger partial charge on any atom is -0.464 e. The second-order valence-electron chi connectivity index (χ2n) is 7.14. The summed E-state index contributed by atoms with van der Waals surface area (Å²) in [5.74, 6) is 1.71. The van der Waals surface area contributed by atoms with Crippen molar-refractivity contribution in [2.45, 2.75) is 26.4 Å². The van der Waals surface area contributed by atoms with Crippen LogP contribution < -0.4 is 0 Å². The fourth-order valence-corrected chi connectivity index (χ4v) is 4.23. The van der Waals surface area contributed by atoms with E-state index in [4.69, 9.17) is 4.42 Å². The van der Waals surface area contributed by atoms with Crippen LogP contribution in [0.3, 0.4) is 0 Å². The zero-order valence-corrected chi connectivity index (χ0v) is 15.3. The van der Waals surface area contributed by atoms with Crippen LogP contribution in [-0.4, -0.2) is 15.8 Å². The van der Waals surface area contributed by atoms with E-state index in [9.17, 15) is 4.79 Å². The molecular formula is C23H20N2O2. The third kappa shape index (κ3) is 2.40. The molecule has 4 aromatic rings. The molecule has 0 fully saturated rings. The lowest BCUT2D eigenvalue weighted by Crippen LogP contribution is -2.28. The molecule has 3 heterocycles. The molecule has 1 N–H and O–H groups in total. The van der Waals surface area contributed by atoms with Crippen molar-refractivity contribution in [3.63, 3.8) is 0 Å². The highest BCUT2D eigenvalue weighted by atomic mass is 16.3. The quantitative estimate of drug-likeness (QED) is 0.554. The van der Waals surface area contributed by atoms with Crippen LogP contribution in [0.5, 0.6) is 0 Å². The molecule has 0 saturated heterocycles. The SMILES string of the molecule is Cc1ccc(CN2C(=O)c3ccccc3[C@@H]2c2c(C)[nH]c3ccccc23)o1. The van der Waals surface area contributed by atoms with Crippen LogP contribution in [0.1, 0.15) is 44.7 Å². The van der Waals surface area contributed by atoms with Crippen molar-refractivity contribution >= 4 is 16.8 Å². The second kappa shape index (κ2) is 5.88. The second-order valence-corrected chi connectivity index (χ2v) is 7.14. The molecule has 1 amide bonds. The van der Waals surface area contributed by atoms with Gasteiger partial charge in [-0.15, -0.1) is 0 Å². The molecule has 1 atom stereocenters. The van der Waals surface area contributed by atoms with Gasteiger partial charge in [-0.1, -0.05) is 36.4 Å². The Hall–Kier alpha value is -3.27. The highest BCUT2D eigenvalue weighted by molar-refractivity contribution is 6.01. The maximum Gasteiger partial charge on any atom is 0.255 e. The predicted molar refractivity (Wildman–Crippen MR) is 105 cm³/mol. The molecule has 4 heteroatoms. The maximum absolute atomic E-state index is 13.2. The van der Waals surface area contributed by atoms with Gasteiger partial charge in [-0.2, -0.15) is 0 Å². The van der Waals surface area contributed by atoms with Gasteiger partial charge in [0.2, 0.25) is 0 Å². The minimum absolute atomic E-state index is 0.0503. The number of nitrogens with one attached hydrogen (secondary N) is 1. The number of hydrogen-bond donors (Lipinski definition) is 1. The van der Waals surface area contributed by atoms with Crippen molar-refractivity contribution in [2.75, 3.05) is 0 Å². The zero-order valence-electron chi connectivity index (χ0n) is 15.3. The van der Waals surface area contributed by atoms with E-state index >= 15 is 0 Å². The summed E-state index contributed by atoms with van der Waals surface area (Å²) in [5, 5.41) is 1.16. The van der Waals surface area contributed by atoms with Crippen LogP contribution in [0.2, 0.25) is 0 Å². The Bertz CT molecular complexity index is 1170. The van der Waals surface area contributed by atoms with Gasteiger partial charge in [-0.05, 0) is 43.7 Å². The lowest BCUT2D eigenvalue weighted by Gasteiger charge is -2.25. The van der Waals surface area contributed by atoms with E-state index in [0.717, 1.165) is 44.8 Å². The Morgan fingerprint density at radius 1 is 1.00 bits per heavy atom. The fourth-order valence-electron chi connectivity index (χ4n) is 4.23. The number of H-pyrrole nitrogens is 1. The van der Waals surface area contributed by atoms with Gasteiger partial charge < -0.3 is 14.3 Å². The summed E-state index contributed by atoms with van der Waals surface area (Å²) >= 11 is 0. The number of benzene rings is 2. The Morgan fingerprint density at radius 2 is 1.78 bits per heavy atom. The van der Waals surface area contributed by atoms with Gasteiger partial charge in [-0.25, -0.2) is 0 Å². The summed E-state index contributed by atoms with van der Waals surface area (Å²) in [5.41, 5.74) is 5.17. The van der Waals surface area contributed by atoms with Crippen LogP contribution in [0.15, 0.2) is 65.1 Å². The van der Waals surface area contributed by atoms with Gasteiger partial charge in [0.25, 0.3) is 5.91 Å². The van der Waals surface area contributed by atoms with Gasteiger partial charge in [0.1, 0.15) is 11.5 Å². The van der Waals surface area contributed by atoms with E-state index in [2.05, 4.69) is 30.1 Å². The number of furan rings is 1. The number of aromatic nitrogens is 1. The largest absolute Gasteiger partial charge is 0.464 e. The smallest absolute Gasteiger partial charge is 0.255 e. The average Bonchev–Trinajstić information content (AvgIpc) is 3.31. The van der Waals surface area contributed by atoms with Gasteiger partial charge >= 0.3 is 0 Å². The van der Waals surface area contributed by atoms with E-state index in [1.807, 2.05) is 54.3 Å². The minimum atomic E-state index is -0.129. The number of hydrogen-bond acceptors (Lipinski definition) is 2. The highest BCUT2D eigenvalue weighted by Gasteiger charge is 2.39. The van der Waals surface area contributed by atoms with Crippen LogP contribution in [0.4, 0.5) is 0 Å². The normalized spacial score (nSPS) is 16.3. The van der Waals surface area contributed by atoms with Gasteiger partial charge in [0.05, 0.1) is 12.6 Å². The molecule has 0 aliphatic carbocycles. The van der Waals surface area contributed by atoms with Gasteiger partial charge in [0.15, 0.2) is 0 Å². The summed E-state index contributed by atoms with van der Waals surface area (Å²) in [6.45, 7) is 4.45. The number of para-hydroxylation sites is 1. The molecule has 0 unspecified atom stereocenters. The first-order chi connectivity index (χ1) is 13.1. The number of nitrogens with zero attached hydrogens (tertiary/aromatic N) is 1. The maximum atomic E-state index is 13.2. The van der Waals surface area contributed by atoms with Gasteiger partial charge in [-0.3, -0.25) is 4.79 Å². The van der Waals surface area contributed by atoms with Crippen LogP contribution in [0, 0.1) is 13.8 Å². The average molecular weight is 356 g/mol. The molecule has 0 saturated carbocycles. The fraction of sp³-hybridized carbons (Fsp3) is 0.174. The monoisotopic (exact) mass is 356 g/mol. The molecule has 1 aliphatic heterocycles. The Balaban J connectivity index is 1.70. The zero-order chi connectivity index (χ0) is 18.5. The van der Waals surface area contributed by atoms with Crippen LogP contribution in [-0.2, 0) is 6.54 Å². The van der Waals surface area contributed by atoms with Crippen molar-refractivity contribution in [3.05, 3.63) is 94.6 Å². The predicted octanol–water partition coefficient (Wildman–Crippen LogP) is 5.12. The number of carbonyl (C=O) groups excluding carboxylic acids is 1.